The smallest absolute Gasteiger partial charge is 0.272 e. The van der Waals surface area contributed by atoms with Crippen LogP contribution in [0.3, 0.4) is 0 Å². The lowest BCUT2D eigenvalue weighted by Crippen LogP contribution is -2.24. The molecule has 2 aromatic rings. The first-order chi connectivity index (χ1) is 10.5. The van der Waals surface area contributed by atoms with Crippen LogP contribution < -0.4 is 10.6 Å². The van der Waals surface area contributed by atoms with Crippen molar-refractivity contribution in [1.29, 1.82) is 0 Å². The van der Waals surface area contributed by atoms with E-state index >= 15 is 0 Å². The van der Waals surface area contributed by atoms with Crippen LogP contribution in [-0.2, 0) is 0 Å². The van der Waals surface area contributed by atoms with E-state index in [0.29, 0.717) is 0 Å². The van der Waals surface area contributed by atoms with Gasteiger partial charge in [0.25, 0.3) is 5.91 Å². The molecule has 0 unspecified atom stereocenters. The molecular weight excluding hydrogens is 297 g/mol. The van der Waals surface area contributed by atoms with Crippen LogP contribution in [0, 0.1) is 17.5 Å². The zero-order valence-electron chi connectivity index (χ0n) is 11.2. The molecule has 1 heterocycles. The third-order valence-electron chi connectivity index (χ3n) is 2.60. The van der Waals surface area contributed by atoms with Gasteiger partial charge in [-0.2, -0.15) is 0 Å². The monoisotopic (exact) mass is 308 g/mol. The van der Waals surface area contributed by atoms with Gasteiger partial charge in [-0.15, -0.1) is 16.8 Å². The molecule has 0 atom stereocenters. The lowest BCUT2D eigenvalue weighted by atomic mass is 10.2. The summed E-state index contributed by atoms with van der Waals surface area (Å²) < 4.78 is 39.4. The molecule has 2 rings (SSSR count). The van der Waals surface area contributed by atoms with E-state index in [1.807, 2.05) is 0 Å². The van der Waals surface area contributed by atoms with Gasteiger partial charge < -0.3 is 10.6 Å². The van der Waals surface area contributed by atoms with Gasteiger partial charge in [0, 0.05) is 6.54 Å². The minimum Gasteiger partial charge on any atom is -0.347 e. The van der Waals surface area contributed by atoms with E-state index in [4.69, 9.17) is 0 Å². The first-order valence-corrected chi connectivity index (χ1v) is 6.16. The van der Waals surface area contributed by atoms with E-state index in [9.17, 15) is 18.0 Å². The highest BCUT2D eigenvalue weighted by molar-refractivity contribution is 5.92. The Morgan fingerprint density at radius 2 is 1.91 bits per heavy atom. The first kappa shape index (κ1) is 15.5. The fourth-order valence-corrected chi connectivity index (χ4v) is 1.54. The van der Waals surface area contributed by atoms with Crippen LogP contribution in [0.4, 0.5) is 24.7 Å². The number of carbonyl (C=O) groups excluding carboxylic acids is 1. The van der Waals surface area contributed by atoms with Crippen molar-refractivity contribution in [2.45, 2.75) is 0 Å². The second kappa shape index (κ2) is 6.70. The minimum atomic E-state index is -1.58. The van der Waals surface area contributed by atoms with E-state index in [1.165, 1.54) is 18.2 Å². The lowest BCUT2D eigenvalue weighted by Gasteiger charge is -2.07. The van der Waals surface area contributed by atoms with Crippen LogP contribution >= 0.6 is 0 Å². The molecule has 0 bridgehead atoms. The largest absolute Gasteiger partial charge is 0.347 e. The number of hydrogen-bond acceptors (Lipinski definition) is 4. The van der Waals surface area contributed by atoms with Gasteiger partial charge in [-0.25, -0.2) is 13.2 Å². The number of carbonyl (C=O) groups is 1. The Bertz CT molecular complexity index is 704. The third-order valence-corrected chi connectivity index (χ3v) is 2.60. The summed E-state index contributed by atoms with van der Waals surface area (Å²) in [5.41, 5.74) is -0.241. The number of hydrogen-bond donors (Lipinski definition) is 2. The minimum absolute atomic E-state index is 0.0539. The normalized spacial score (nSPS) is 10.1. The van der Waals surface area contributed by atoms with E-state index in [1.54, 1.807) is 0 Å². The molecule has 0 saturated carbocycles. The van der Waals surface area contributed by atoms with Crippen molar-refractivity contribution in [2.75, 3.05) is 11.9 Å². The molecule has 0 aliphatic carbocycles. The van der Waals surface area contributed by atoms with Crippen LogP contribution in [-0.4, -0.2) is 22.6 Å². The van der Waals surface area contributed by atoms with Crippen LogP contribution in [0.2, 0.25) is 0 Å². The molecule has 0 aliphatic rings. The topological polar surface area (TPSA) is 66.9 Å². The van der Waals surface area contributed by atoms with E-state index in [2.05, 4.69) is 27.4 Å². The van der Waals surface area contributed by atoms with Crippen LogP contribution in [0.15, 0.2) is 36.9 Å². The molecule has 1 amide bonds. The van der Waals surface area contributed by atoms with Crippen molar-refractivity contribution in [1.82, 2.24) is 15.5 Å². The first-order valence-electron chi connectivity index (χ1n) is 6.16. The molecule has 2 N–H and O–H groups in total. The second-order valence-corrected chi connectivity index (χ2v) is 4.15. The van der Waals surface area contributed by atoms with Gasteiger partial charge in [0.15, 0.2) is 29.0 Å². The van der Waals surface area contributed by atoms with Gasteiger partial charge in [0.1, 0.15) is 0 Å². The van der Waals surface area contributed by atoms with Crippen molar-refractivity contribution in [3.8, 4) is 0 Å². The van der Waals surface area contributed by atoms with E-state index < -0.39 is 23.4 Å². The Morgan fingerprint density at radius 3 is 2.55 bits per heavy atom. The number of nitrogens with one attached hydrogen (secondary N) is 2. The average molecular weight is 308 g/mol. The summed E-state index contributed by atoms with van der Waals surface area (Å²) in [5, 5.41) is 12.3. The molecule has 22 heavy (non-hydrogen) atoms. The van der Waals surface area contributed by atoms with Crippen molar-refractivity contribution >= 4 is 17.4 Å². The van der Waals surface area contributed by atoms with Gasteiger partial charge >= 0.3 is 0 Å². The highest BCUT2D eigenvalue weighted by Crippen LogP contribution is 2.22. The summed E-state index contributed by atoms with van der Waals surface area (Å²) in [6.45, 7) is 3.73. The summed E-state index contributed by atoms with van der Waals surface area (Å²) in [6, 6.07) is 4.52. The molecule has 0 saturated heterocycles. The van der Waals surface area contributed by atoms with Gasteiger partial charge in [0.2, 0.25) is 0 Å². The van der Waals surface area contributed by atoms with Crippen LogP contribution in [0.5, 0.6) is 0 Å². The fraction of sp³-hybridized carbons (Fsp3) is 0.0714. The number of anilines is 2. The number of halogens is 3. The fourth-order valence-electron chi connectivity index (χ4n) is 1.54. The molecule has 0 radical (unpaired) electrons. The Balaban J connectivity index is 2.13. The molecule has 1 aromatic heterocycles. The van der Waals surface area contributed by atoms with E-state index in [0.717, 1.165) is 12.1 Å². The quantitative estimate of drug-likeness (QED) is 0.658. The lowest BCUT2D eigenvalue weighted by molar-refractivity contribution is 0.0952. The Kier molecular flexibility index (Phi) is 4.72. The predicted octanol–water partition coefficient (Wildman–Crippen LogP) is 2.55. The molecule has 0 fully saturated rings. The molecule has 5 nitrogen and oxygen atoms in total. The van der Waals surface area contributed by atoms with Crippen molar-refractivity contribution in [3.05, 3.63) is 60.1 Å². The number of nitrogens with zero attached hydrogens (tertiary/aromatic N) is 2. The number of benzene rings is 1. The van der Waals surface area contributed by atoms with Crippen molar-refractivity contribution in [2.24, 2.45) is 0 Å². The zero-order chi connectivity index (χ0) is 16.1. The molecular formula is C14H11F3N4O. The molecule has 1 aromatic carbocycles. The van der Waals surface area contributed by atoms with Gasteiger partial charge in [-0.1, -0.05) is 6.08 Å². The van der Waals surface area contributed by atoms with Crippen LogP contribution in [0.25, 0.3) is 0 Å². The maximum Gasteiger partial charge on any atom is 0.272 e. The summed E-state index contributed by atoms with van der Waals surface area (Å²) in [7, 11) is 0. The Labute approximate surface area is 123 Å². The third kappa shape index (κ3) is 3.40. The Morgan fingerprint density at radius 1 is 1.14 bits per heavy atom. The molecule has 0 spiro atoms. The number of aromatic nitrogens is 2. The van der Waals surface area contributed by atoms with Gasteiger partial charge in [-0.3, -0.25) is 4.79 Å². The predicted molar refractivity (Wildman–Crippen MR) is 74.2 cm³/mol. The molecule has 0 aliphatic heterocycles. The Hall–Kier alpha value is -2.90. The standard InChI is InChI=1S/C14H11F3N4O/c1-2-7-18-14(22)10-5-6-11(21-20-10)19-9-4-3-8(15)12(16)13(9)17/h2-6H,1,7H2,(H,18,22)(H,19,21). The summed E-state index contributed by atoms with van der Waals surface area (Å²) in [4.78, 5) is 11.6. The highest BCUT2D eigenvalue weighted by Gasteiger charge is 2.14. The van der Waals surface area contributed by atoms with Crippen LogP contribution in [0.1, 0.15) is 10.5 Å². The van der Waals surface area contributed by atoms with E-state index in [-0.39, 0.29) is 23.7 Å². The molecule has 114 valence electrons. The van der Waals surface area contributed by atoms with Crippen molar-refractivity contribution < 1.29 is 18.0 Å². The second-order valence-electron chi connectivity index (χ2n) is 4.15. The molecule has 8 heteroatoms. The number of rotatable bonds is 5. The maximum atomic E-state index is 13.5. The van der Waals surface area contributed by atoms with Gasteiger partial charge in [0.05, 0.1) is 5.69 Å². The average Bonchev–Trinajstić information content (AvgIpc) is 2.54. The zero-order valence-corrected chi connectivity index (χ0v) is 11.2. The number of amides is 1. The van der Waals surface area contributed by atoms with Gasteiger partial charge in [-0.05, 0) is 24.3 Å². The van der Waals surface area contributed by atoms with Crippen molar-refractivity contribution in [3.63, 3.8) is 0 Å². The highest BCUT2D eigenvalue weighted by atomic mass is 19.2. The summed E-state index contributed by atoms with van der Waals surface area (Å²) >= 11 is 0. The maximum absolute atomic E-state index is 13.5. The summed E-state index contributed by atoms with van der Waals surface area (Å²) in [5.74, 6) is -4.61. The summed E-state index contributed by atoms with van der Waals surface area (Å²) in [6.07, 6.45) is 1.51. The SMILES string of the molecule is C=CCNC(=O)c1ccc(Nc2ccc(F)c(F)c2F)nn1.